The van der Waals surface area contributed by atoms with E-state index in [1.54, 1.807) is 18.3 Å². The lowest BCUT2D eigenvalue weighted by Gasteiger charge is -2.26. The summed E-state index contributed by atoms with van der Waals surface area (Å²) in [6.45, 7) is 1.55. The minimum absolute atomic E-state index is 0.0886. The van der Waals surface area contributed by atoms with Crippen LogP contribution < -0.4 is 4.74 Å². The molecule has 0 N–H and O–H groups in total. The predicted molar refractivity (Wildman–Crippen MR) is 97.6 cm³/mol. The molecule has 1 aliphatic heterocycles. The number of rotatable bonds is 3. The summed E-state index contributed by atoms with van der Waals surface area (Å²) in [4.78, 5) is 19.1. The Morgan fingerprint density at radius 1 is 1.26 bits per heavy atom. The van der Waals surface area contributed by atoms with Gasteiger partial charge in [0.1, 0.15) is 12.2 Å². The van der Waals surface area contributed by atoms with Crippen LogP contribution in [0.15, 0.2) is 42.2 Å². The maximum absolute atomic E-state index is 13.0. The molecule has 138 valence electrons. The van der Waals surface area contributed by atoms with E-state index >= 15 is 0 Å². The first kappa shape index (κ1) is 17.3. The highest BCUT2D eigenvalue weighted by Gasteiger charge is 2.28. The van der Waals surface area contributed by atoms with Crippen LogP contribution in [0.4, 0.5) is 0 Å². The van der Waals surface area contributed by atoms with E-state index in [4.69, 9.17) is 10.00 Å². The molecule has 0 unspecified atom stereocenters. The molecule has 3 heterocycles. The Labute approximate surface area is 157 Å². The van der Waals surface area contributed by atoms with E-state index in [1.165, 1.54) is 6.20 Å². The fourth-order valence-electron chi connectivity index (χ4n) is 3.57. The number of aromatic nitrogens is 3. The lowest BCUT2D eigenvalue weighted by molar-refractivity contribution is -0.129. The molecular weight excluding hydrogens is 342 g/mol. The Kier molecular flexibility index (Phi) is 4.88. The van der Waals surface area contributed by atoms with Gasteiger partial charge in [-0.3, -0.25) is 9.48 Å². The van der Waals surface area contributed by atoms with Crippen LogP contribution in [0.3, 0.4) is 0 Å². The zero-order chi connectivity index (χ0) is 18.6. The number of allylic oxidation sites excluding steroid dienone is 1. The van der Waals surface area contributed by atoms with Gasteiger partial charge in [0.05, 0.1) is 30.9 Å². The number of pyridine rings is 1. The third-order valence-electron chi connectivity index (χ3n) is 4.96. The van der Waals surface area contributed by atoms with Gasteiger partial charge in [-0.15, -0.1) is 0 Å². The van der Waals surface area contributed by atoms with Crippen molar-refractivity contribution in [3.8, 4) is 11.9 Å². The number of nitriles is 1. The van der Waals surface area contributed by atoms with Gasteiger partial charge in [0.15, 0.2) is 0 Å². The number of hydrogen-bond donors (Lipinski definition) is 0. The van der Waals surface area contributed by atoms with Crippen LogP contribution in [0.5, 0.6) is 5.88 Å². The van der Waals surface area contributed by atoms with E-state index in [-0.39, 0.29) is 12.0 Å². The van der Waals surface area contributed by atoms with Gasteiger partial charge in [-0.1, -0.05) is 6.08 Å². The minimum Gasteiger partial charge on any atom is -0.470 e. The van der Waals surface area contributed by atoms with Gasteiger partial charge in [-0.2, -0.15) is 10.4 Å². The Bertz CT molecular complexity index is 894. The number of fused-ring (bicyclic) bond motifs is 1. The summed E-state index contributed by atoms with van der Waals surface area (Å²) in [6, 6.07) is 7.35. The summed E-state index contributed by atoms with van der Waals surface area (Å²) < 4.78 is 7.92. The van der Waals surface area contributed by atoms with Crippen molar-refractivity contribution in [1.82, 2.24) is 19.7 Å². The van der Waals surface area contributed by atoms with Gasteiger partial charge in [0.2, 0.25) is 11.8 Å². The van der Waals surface area contributed by atoms with Crippen LogP contribution in [0, 0.1) is 11.3 Å². The molecule has 0 saturated carbocycles. The molecule has 0 fully saturated rings. The monoisotopic (exact) mass is 363 g/mol. The first-order valence-corrected chi connectivity index (χ1v) is 9.25. The molecular formula is C20H21N5O2. The summed E-state index contributed by atoms with van der Waals surface area (Å²) in [6.07, 6.45) is 9.09. The Morgan fingerprint density at radius 3 is 2.93 bits per heavy atom. The van der Waals surface area contributed by atoms with Gasteiger partial charge < -0.3 is 9.64 Å². The van der Waals surface area contributed by atoms with Crippen LogP contribution >= 0.6 is 0 Å². The fraction of sp³-hybridized carbons (Fsp3) is 0.400. The van der Waals surface area contributed by atoms with Crippen molar-refractivity contribution in [2.45, 2.75) is 44.9 Å². The molecule has 7 nitrogen and oxygen atoms in total. The van der Waals surface area contributed by atoms with Crippen LogP contribution in [0.25, 0.3) is 0 Å². The summed E-state index contributed by atoms with van der Waals surface area (Å²) in [5.74, 6) is 0.532. The normalized spacial score (nSPS) is 19.4. The van der Waals surface area contributed by atoms with Gasteiger partial charge in [0.25, 0.3) is 0 Å². The molecule has 27 heavy (non-hydrogen) atoms. The molecule has 0 saturated heterocycles. The molecule has 0 bridgehead atoms. The third-order valence-corrected chi connectivity index (χ3v) is 4.96. The van der Waals surface area contributed by atoms with Crippen molar-refractivity contribution in [3.63, 3.8) is 0 Å². The van der Waals surface area contributed by atoms with Crippen molar-refractivity contribution in [3.05, 3.63) is 53.5 Å². The number of carbonyl (C=O) groups excluding carboxylic acids is 1. The molecule has 2 aliphatic rings. The molecule has 0 radical (unpaired) electrons. The second-order valence-electron chi connectivity index (χ2n) is 6.90. The molecule has 4 rings (SSSR count). The zero-order valence-corrected chi connectivity index (χ0v) is 15.0. The van der Waals surface area contributed by atoms with Gasteiger partial charge >= 0.3 is 0 Å². The van der Waals surface area contributed by atoms with E-state index in [0.717, 1.165) is 37.0 Å². The van der Waals surface area contributed by atoms with Crippen molar-refractivity contribution in [2.24, 2.45) is 0 Å². The summed E-state index contributed by atoms with van der Waals surface area (Å²) in [5, 5.41) is 13.3. The van der Waals surface area contributed by atoms with E-state index in [2.05, 4.69) is 16.2 Å². The Balaban J connectivity index is 1.55. The quantitative estimate of drug-likeness (QED) is 0.836. The van der Waals surface area contributed by atoms with Gasteiger partial charge in [-0.05, 0) is 37.8 Å². The second kappa shape index (κ2) is 7.62. The van der Waals surface area contributed by atoms with Crippen LogP contribution in [-0.2, 0) is 17.9 Å². The largest absolute Gasteiger partial charge is 0.470 e. The molecule has 2 aromatic heterocycles. The molecule has 0 spiro atoms. The molecule has 1 aliphatic carbocycles. The molecule has 0 aromatic carbocycles. The number of nitrogens with zero attached hydrogens (tertiary/aromatic N) is 5. The molecule has 1 atom stereocenters. The number of ether oxygens (including phenoxy) is 1. The van der Waals surface area contributed by atoms with E-state index < -0.39 is 0 Å². The predicted octanol–water partition coefficient (Wildman–Crippen LogP) is 2.44. The lowest BCUT2D eigenvalue weighted by Crippen LogP contribution is -2.39. The minimum atomic E-state index is -0.264. The smallest absolute Gasteiger partial charge is 0.249 e. The average Bonchev–Trinajstić information content (AvgIpc) is 3.07. The van der Waals surface area contributed by atoms with E-state index in [9.17, 15) is 4.79 Å². The zero-order valence-electron chi connectivity index (χ0n) is 15.0. The van der Waals surface area contributed by atoms with Crippen molar-refractivity contribution >= 4 is 5.91 Å². The lowest BCUT2D eigenvalue weighted by atomic mass is 9.98. The highest BCUT2D eigenvalue weighted by molar-refractivity contribution is 5.93. The van der Waals surface area contributed by atoms with Gasteiger partial charge in [0, 0.05) is 24.0 Å². The number of carbonyl (C=O) groups is 1. The second-order valence-corrected chi connectivity index (χ2v) is 6.90. The van der Waals surface area contributed by atoms with Crippen LogP contribution in [-0.4, -0.2) is 38.2 Å². The van der Waals surface area contributed by atoms with Crippen LogP contribution in [0.1, 0.15) is 36.9 Å². The average molecular weight is 363 g/mol. The Hall–Kier alpha value is -3.14. The summed E-state index contributed by atoms with van der Waals surface area (Å²) >= 11 is 0. The van der Waals surface area contributed by atoms with Crippen molar-refractivity contribution < 1.29 is 9.53 Å². The fourth-order valence-corrected chi connectivity index (χ4v) is 3.57. The van der Waals surface area contributed by atoms with E-state index in [1.807, 2.05) is 21.7 Å². The number of amides is 1. The molecule has 1 amide bonds. The first-order chi connectivity index (χ1) is 13.2. The Morgan fingerprint density at radius 2 is 2.19 bits per heavy atom. The standard InChI is InChI=1S/C20H21N5O2/c21-10-15-6-7-19(22-11-15)27-18-13-24(12-17-8-9-23-25(17)14-18)20(26)16-4-2-1-3-5-16/h4,6-9,11,18H,1-3,5,12-14H2/t18-/m0/s1. The molecule has 2 aromatic rings. The highest BCUT2D eigenvalue weighted by atomic mass is 16.5. The maximum atomic E-state index is 13.0. The highest BCUT2D eigenvalue weighted by Crippen LogP contribution is 2.23. The maximum Gasteiger partial charge on any atom is 0.249 e. The van der Waals surface area contributed by atoms with Gasteiger partial charge in [-0.25, -0.2) is 4.98 Å². The van der Waals surface area contributed by atoms with Crippen LogP contribution in [0.2, 0.25) is 0 Å². The first-order valence-electron chi connectivity index (χ1n) is 9.25. The van der Waals surface area contributed by atoms with Crippen molar-refractivity contribution in [2.75, 3.05) is 6.54 Å². The molecule has 7 heteroatoms. The summed E-state index contributed by atoms with van der Waals surface area (Å²) in [5.41, 5.74) is 2.39. The number of hydrogen-bond acceptors (Lipinski definition) is 5. The SMILES string of the molecule is N#Cc1ccc(O[C@H]2CN(C(=O)C3=CCCCC3)Cc3ccnn3C2)nc1. The summed E-state index contributed by atoms with van der Waals surface area (Å²) in [7, 11) is 0. The van der Waals surface area contributed by atoms with E-state index in [0.29, 0.717) is 31.1 Å². The van der Waals surface area contributed by atoms with Crippen molar-refractivity contribution in [1.29, 1.82) is 5.26 Å². The third kappa shape index (κ3) is 3.85. The topological polar surface area (TPSA) is 84.0 Å².